The third kappa shape index (κ3) is 4.56. The maximum Gasteiger partial charge on any atom is 0.251 e. The predicted octanol–water partition coefficient (Wildman–Crippen LogP) is 3.53. The summed E-state index contributed by atoms with van der Waals surface area (Å²) in [5.74, 6) is 1.80. The zero-order chi connectivity index (χ0) is 20.1. The van der Waals surface area contributed by atoms with Gasteiger partial charge in [0.1, 0.15) is 0 Å². The van der Waals surface area contributed by atoms with Crippen LogP contribution < -0.4 is 14.8 Å². The lowest BCUT2D eigenvalue weighted by molar-refractivity contribution is 0.0950. The van der Waals surface area contributed by atoms with Crippen LogP contribution in [-0.4, -0.2) is 33.9 Å². The van der Waals surface area contributed by atoms with Crippen LogP contribution >= 0.6 is 0 Å². The Kier molecular flexibility index (Phi) is 5.74. The van der Waals surface area contributed by atoms with Crippen LogP contribution in [-0.2, 0) is 6.54 Å². The molecule has 2 heterocycles. The van der Waals surface area contributed by atoms with Crippen molar-refractivity contribution in [3.63, 3.8) is 0 Å². The van der Waals surface area contributed by atoms with E-state index in [1.165, 1.54) is 12.8 Å². The first-order valence-electron chi connectivity index (χ1n) is 9.81. The van der Waals surface area contributed by atoms with Gasteiger partial charge in [-0.25, -0.2) is 9.67 Å². The molecule has 4 rings (SSSR count). The molecule has 7 heteroatoms. The van der Waals surface area contributed by atoms with E-state index >= 15 is 0 Å². The molecule has 1 fully saturated rings. The molecule has 1 saturated carbocycles. The molecule has 1 aliphatic carbocycles. The Morgan fingerprint density at radius 1 is 1.17 bits per heavy atom. The molecule has 1 amide bonds. The number of amides is 1. The Balaban J connectivity index is 1.41. The fourth-order valence-corrected chi connectivity index (χ4v) is 3.48. The first kappa shape index (κ1) is 19.0. The number of hydrogen-bond acceptors (Lipinski definition) is 5. The summed E-state index contributed by atoms with van der Waals surface area (Å²) >= 11 is 0. The first-order valence-corrected chi connectivity index (χ1v) is 9.81. The van der Waals surface area contributed by atoms with Crippen molar-refractivity contribution >= 4 is 5.91 Å². The molecule has 0 saturated heterocycles. The summed E-state index contributed by atoms with van der Waals surface area (Å²) < 4.78 is 13.2. The minimum atomic E-state index is -0.173. The van der Waals surface area contributed by atoms with Gasteiger partial charge in [0.15, 0.2) is 17.3 Å². The summed E-state index contributed by atoms with van der Waals surface area (Å²) in [6.07, 6.45) is 10.00. The number of carbonyl (C=O) groups is 1. The highest BCUT2D eigenvalue weighted by atomic mass is 16.5. The highest BCUT2D eigenvalue weighted by molar-refractivity contribution is 5.94. The van der Waals surface area contributed by atoms with Gasteiger partial charge in [-0.1, -0.05) is 0 Å². The van der Waals surface area contributed by atoms with Gasteiger partial charge < -0.3 is 14.8 Å². The molecule has 3 aromatic rings. The Labute approximate surface area is 169 Å². The summed E-state index contributed by atoms with van der Waals surface area (Å²) in [5.41, 5.74) is 1.47. The van der Waals surface area contributed by atoms with Gasteiger partial charge >= 0.3 is 0 Å². The number of ether oxygens (including phenoxy) is 2. The second-order valence-electron chi connectivity index (χ2n) is 7.05. The lowest BCUT2D eigenvalue weighted by Gasteiger charge is -2.16. The summed E-state index contributed by atoms with van der Waals surface area (Å²) in [6.45, 7) is 0.387. The molecule has 1 aromatic carbocycles. The van der Waals surface area contributed by atoms with Gasteiger partial charge in [-0.15, -0.1) is 0 Å². The van der Waals surface area contributed by atoms with Gasteiger partial charge in [0, 0.05) is 30.7 Å². The van der Waals surface area contributed by atoms with Crippen LogP contribution in [0.1, 0.15) is 41.6 Å². The molecule has 0 unspecified atom stereocenters. The van der Waals surface area contributed by atoms with E-state index in [9.17, 15) is 4.79 Å². The highest BCUT2D eigenvalue weighted by Gasteiger charge is 2.19. The third-order valence-electron chi connectivity index (χ3n) is 5.02. The van der Waals surface area contributed by atoms with Crippen LogP contribution in [0.25, 0.3) is 5.82 Å². The fraction of sp³-hybridized carbons (Fsp3) is 0.318. The van der Waals surface area contributed by atoms with Crippen LogP contribution in [0.15, 0.2) is 55.0 Å². The van der Waals surface area contributed by atoms with Crippen molar-refractivity contribution in [3.05, 3.63) is 66.1 Å². The third-order valence-corrected chi connectivity index (χ3v) is 5.02. The van der Waals surface area contributed by atoms with E-state index in [1.807, 2.05) is 30.5 Å². The largest absolute Gasteiger partial charge is 0.493 e. The summed E-state index contributed by atoms with van der Waals surface area (Å²) in [6, 6.07) is 10.9. The summed E-state index contributed by atoms with van der Waals surface area (Å²) in [5, 5.41) is 7.11. The minimum Gasteiger partial charge on any atom is -0.493 e. The topological polar surface area (TPSA) is 78.3 Å². The lowest BCUT2D eigenvalue weighted by atomic mass is 10.1. The smallest absolute Gasteiger partial charge is 0.251 e. The standard InChI is InChI=1S/C22H24N4O3/c1-28-20-14-17(7-8-19(20)29-18-5-2-3-6-18)22(27)24-15-16-9-11-23-21(13-16)26-12-4-10-25-26/h4,7-14,18H,2-3,5-6,15H2,1H3,(H,24,27). The molecule has 2 aromatic heterocycles. The van der Waals surface area contributed by atoms with E-state index in [0.717, 1.165) is 18.4 Å². The normalized spacial score (nSPS) is 14.0. The molecule has 150 valence electrons. The molecule has 0 bridgehead atoms. The van der Waals surface area contributed by atoms with Crippen LogP contribution in [0.3, 0.4) is 0 Å². The molecule has 1 N–H and O–H groups in total. The van der Waals surface area contributed by atoms with E-state index in [0.29, 0.717) is 29.4 Å². The summed E-state index contributed by atoms with van der Waals surface area (Å²) in [4.78, 5) is 16.9. The Hall–Kier alpha value is -3.35. The second-order valence-corrected chi connectivity index (χ2v) is 7.05. The van der Waals surface area contributed by atoms with E-state index in [4.69, 9.17) is 9.47 Å². The Morgan fingerprint density at radius 2 is 2.03 bits per heavy atom. The average Bonchev–Trinajstić information content (AvgIpc) is 3.47. The van der Waals surface area contributed by atoms with Gasteiger partial charge in [-0.2, -0.15) is 5.10 Å². The molecule has 0 atom stereocenters. The Morgan fingerprint density at radius 3 is 2.79 bits per heavy atom. The molecule has 1 aliphatic rings. The lowest BCUT2D eigenvalue weighted by Crippen LogP contribution is -2.23. The maximum atomic E-state index is 12.6. The number of hydrogen-bond donors (Lipinski definition) is 1. The van der Waals surface area contributed by atoms with Gasteiger partial charge in [-0.05, 0) is 67.6 Å². The van der Waals surface area contributed by atoms with Gasteiger partial charge in [-0.3, -0.25) is 4.79 Å². The van der Waals surface area contributed by atoms with Crippen LogP contribution in [0.2, 0.25) is 0 Å². The molecule has 0 radical (unpaired) electrons. The van der Waals surface area contributed by atoms with Crippen molar-refractivity contribution in [2.24, 2.45) is 0 Å². The maximum absolute atomic E-state index is 12.6. The minimum absolute atomic E-state index is 0.173. The molecular formula is C22H24N4O3. The quantitative estimate of drug-likeness (QED) is 0.666. The molecule has 29 heavy (non-hydrogen) atoms. The number of nitrogens with one attached hydrogen (secondary N) is 1. The number of rotatable bonds is 7. The van der Waals surface area contributed by atoms with Gasteiger partial charge in [0.25, 0.3) is 5.91 Å². The van der Waals surface area contributed by atoms with Crippen LogP contribution in [0, 0.1) is 0 Å². The van der Waals surface area contributed by atoms with E-state index in [-0.39, 0.29) is 12.0 Å². The van der Waals surface area contributed by atoms with Crippen molar-refractivity contribution in [3.8, 4) is 17.3 Å². The zero-order valence-electron chi connectivity index (χ0n) is 16.4. The van der Waals surface area contributed by atoms with Gasteiger partial charge in [0.2, 0.25) is 0 Å². The monoisotopic (exact) mass is 392 g/mol. The average molecular weight is 392 g/mol. The SMILES string of the molecule is COc1cc(C(=O)NCc2ccnc(-n3cccn3)c2)ccc1OC1CCCC1. The number of aromatic nitrogens is 3. The zero-order valence-corrected chi connectivity index (χ0v) is 16.4. The summed E-state index contributed by atoms with van der Waals surface area (Å²) in [7, 11) is 1.59. The molecule has 0 spiro atoms. The molecule has 0 aliphatic heterocycles. The van der Waals surface area contributed by atoms with Gasteiger partial charge in [0.05, 0.1) is 13.2 Å². The number of nitrogens with zero attached hydrogens (tertiary/aromatic N) is 3. The second kappa shape index (κ2) is 8.77. The van der Waals surface area contributed by atoms with Crippen LogP contribution in [0.5, 0.6) is 11.5 Å². The van der Waals surface area contributed by atoms with Crippen molar-refractivity contribution in [1.82, 2.24) is 20.1 Å². The van der Waals surface area contributed by atoms with E-state index in [2.05, 4.69) is 15.4 Å². The highest BCUT2D eigenvalue weighted by Crippen LogP contribution is 2.32. The molecule has 7 nitrogen and oxygen atoms in total. The van der Waals surface area contributed by atoms with Crippen molar-refractivity contribution in [1.29, 1.82) is 0 Å². The number of pyridine rings is 1. The Bertz CT molecular complexity index is 966. The molecular weight excluding hydrogens is 368 g/mol. The van der Waals surface area contributed by atoms with Crippen molar-refractivity contribution < 1.29 is 14.3 Å². The number of benzene rings is 1. The number of methoxy groups -OCH3 is 1. The van der Waals surface area contributed by atoms with Crippen molar-refractivity contribution in [2.75, 3.05) is 7.11 Å². The fourth-order valence-electron chi connectivity index (χ4n) is 3.48. The van der Waals surface area contributed by atoms with E-state index < -0.39 is 0 Å². The van der Waals surface area contributed by atoms with Crippen molar-refractivity contribution in [2.45, 2.75) is 38.3 Å². The van der Waals surface area contributed by atoms with Crippen LogP contribution in [0.4, 0.5) is 0 Å². The number of carbonyl (C=O) groups excluding carboxylic acids is 1. The predicted molar refractivity (Wildman–Crippen MR) is 108 cm³/mol. The first-order chi connectivity index (χ1) is 14.2. The van der Waals surface area contributed by atoms with E-state index in [1.54, 1.807) is 36.3 Å².